The predicted octanol–water partition coefficient (Wildman–Crippen LogP) is -1.75. The molecule has 14 heteroatoms. The van der Waals surface area contributed by atoms with Gasteiger partial charge in [-0.3, -0.25) is 14.4 Å². The molecule has 0 aromatic carbocycles. The van der Waals surface area contributed by atoms with E-state index in [0.717, 1.165) is 0 Å². The van der Waals surface area contributed by atoms with E-state index in [4.69, 9.17) is 11.6 Å². The number of amides is 1. The van der Waals surface area contributed by atoms with Gasteiger partial charge in [-0.2, -0.15) is 21.6 Å². The second kappa shape index (κ2) is 13.3. The molecular weight excluding hydrogens is 376 g/mol. The molecule has 0 aliphatic rings. The fourth-order valence-corrected chi connectivity index (χ4v) is 1.36. The van der Waals surface area contributed by atoms with Crippen LogP contribution in [0.3, 0.4) is 0 Å². The maximum Gasteiger partial charge on any atom is 0.301 e. The molecule has 0 radical (unpaired) electrons. The van der Waals surface area contributed by atoms with Gasteiger partial charge in [-0.05, 0) is 18.5 Å². The van der Waals surface area contributed by atoms with Crippen molar-refractivity contribution in [1.82, 2.24) is 9.44 Å². The normalized spacial score (nSPS) is 10.3. The van der Waals surface area contributed by atoms with E-state index >= 15 is 0 Å². The quantitative estimate of drug-likeness (QED) is 0.381. The van der Waals surface area contributed by atoms with Crippen LogP contribution in [0, 0.1) is 0 Å². The van der Waals surface area contributed by atoms with Gasteiger partial charge in [0.2, 0.25) is 11.1 Å². The molecule has 0 unspecified atom stereocenters. The average molecular weight is 397 g/mol. The zero-order valence-electron chi connectivity index (χ0n) is 12.8. The number of hydrogen-bond acceptors (Lipinski definition) is 7. The van der Waals surface area contributed by atoms with E-state index < -0.39 is 26.3 Å². The molecule has 23 heavy (non-hydrogen) atoms. The number of hydrogen-bond donors (Lipinski definition) is 4. The topological polar surface area (TPSA) is 196 Å². The van der Waals surface area contributed by atoms with Crippen LogP contribution in [0.2, 0.25) is 0 Å². The van der Waals surface area contributed by atoms with Crippen LogP contribution >= 0.6 is 11.6 Å². The third-order valence-electron chi connectivity index (χ3n) is 1.36. The third-order valence-corrected chi connectivity index (χ3v) is 2.65. The molecule has 0 aliphatic carbocycles. The Balaban J connectivity index is -0.000000329. The van der Waals surface area contributed by atoms with E-state index in [1.807, 2.05) is 4.72 Å². The molecule has 0 saturated carbocycles. The second-order valence-electron chi connectivity index (χ2n) is 3.70. The van der Waals surface area contributed by atoms with Gasteiger partial charge >= 0.3 is 10.2 Å². The Morgan fingerprint density at radius 3 is 1.57 bits per heavy atom. The molecule has 0 bridgehead atoms. The molecule has 0 spiro atoms. The number of nitrogens with one attached hydrogen (secondary N) is 2. The van der Waals surface area contributed by atoms with Crippen LogP contribution in [0.5, 0.6) is 0 Å². The van der Waals surface area contributed by atoms with Crippen molar-refractivity contribution in [2.75, 3.05) is 6.54 Å². The minimum atomic E-state index is -3.86. The molecule has 0 atom stereocenters. The number of halogens is 1. The molecule has 1 amide bonds. The van der Waals surface area contributed by atoms with E-state index in [1.165, 1.54) is 13.8 Å². The lowest BCUT2D eigenvalue weighted by Crippen LogP contribution is -2.41. The van der Waals surface area contributed by atoms with E-state index in [0.29, 0.717) is 6.42 Å². The standard InChI is InChI=1S/C6H12N2O4S.C3H5ClO.H4N2O2S/c1-3-6(10)8-13(11,12)7-4-5(2)9;1-2-3(4)5;1-5(2,3)4/h7H,3-4H2,1-2H3,(H,8,10);2H2,1H3;(H4,1,2,3,4). The summed E-state index contributed by atoms with van der Waals surface area (Å²) in [5, 5.41) is 7.94. The first-order chi connectivity index (χ1) is 10.1. The molecule has 138 valence electrons. The van der Waals surface area contributed by atoms with E-state index in [-0.39, 0.29) is 24.0 Å². The minimum absolute atomic E-state index is 0.0704. The van der Waals surface area contributed by atoms with Gasteiger partial charge in [0.25, 0.3) is 10.2 Å². The van der Waals surface area contributed by atoms with Crippen molar-refractivity contribution in [3.8, 4) is 0 Å². The number of rotatable bonds is 6. The number of carbonyl (C=O) groups is 3. The maximum atomic E-state index is 10.9. The number of Topliss-reactive ketones (excluding diaryl/α,β-unsaturated/α-hetero) is 1. The predicted molar refractivity (Wildman–Crippen MR) is 84.5 cm³/mol. The Hall–Kier alpha value is -1.12. The van der Waals surface area contributed by atoms with Crippen LogP contribution in [-0.4, -0.2) is 40.3 Å². The van der Waals surface area contributed by atoms with E-state index in [9.17, 15) is 31.2 Å². The lowest BCUT2D eigenvalue weighted by molar-refractivity contribution is -0.119. The second-order valence-corrected chi connectivity index (χ2v) is 6.80. The number of nitrogens with two attached hydrogens (primary N) is 2. The number of carbonyl (C=O) groups excluding carboxylic acids is 3. The molecule has 6 N–H and O–H groups in total. The number of ketones is 1. The zero-order valence-corrected chi connectivity index (χ0v) is 15.2. The molecule has 0 saturated heterocycles. The Kier molecular flexibility index (Phi) is 15.5. The van der Waals surface area contributed by atoms with Crippen LogP contribution in [0.25, 0.3) is 0 Å². The Bertz CT molecular complexity index is 581. The van der Waals surface area contributed by atoms with Crippen LogP contribution in [0.15, 0.2) is 0 Å². The summed E-state index contributed by atoms with van der Waals surface area (Å²) in [5.41, 5.74) is 0. The summed E-state index contributed by atoms with van der Waals surface area (Å²) in [7, 11) is -7.53. The molecule has 0 rings (SSSR count). The van der Waals surface area contributed by atoms with Crippen molar-refractivity contribution >= 4 is 49.0 Å². The monoisotopic (exact) mass is 396 g/mol. The summed E-state index contributed by atoms with van der Waals surface area (Å²) >= 11 is 4.82. The summed E-state index contributed by atoms with van der Waals surface area (Å²) in [6.45, 7) is 4.17. The van der Waals surface area contributed by atoms with Crippen molar-refractivity contribution in [3.63, 3.8) is 0 Å². The SMILES string of the molecule is CCC(=O)Cl.CCC(=O)NS(=O)(=O)NCC(C)=O.NS(N)(=O)=O. The van der Waals surface area contributed by atoms with Gasteiger partial charge < -0.3 is 0 Å². The highest BCUT2D eigenvalue weighted by molar-refractivity contribution is 7.88. The highest BCUT2D eigenvalue weighted by Crippen LogP contribution is 1.82. The molecule has 0 heterocycles. The lowest BCUT2D eigenvalue weighted by atomic mass is 10.5. The first-order valence-corrected chi connectivity index (χ1v) is 9.40. The Morgan fingerprint density at radius 2 is 1.35 bits per heavy atom. The van der Waals surface area contributed by atoms with Crippen LogP contribution < -0.4 is 19.7 Å². The molecule has 0 fully saturated rings. The average Bonchev–Trinajstić information content (AvgIpc) is 2.34. The van der Waals surface area contributed by atoms with E-state index in [1.54, 1.807) is 11.6 Å². The molecule has 0 aliphatic heterocycles. The van der Waals surface area contributed by atoms with Gasteiger partial charge in [0.15, 0.2) is 0 Å². The highest BCUT2D eigenvalue weighted by Gasteiger charge is 2.12. The summed E-state index contributed by atoms with van der Waals surface area (Å²) in [6.07, 6.45) is 0.503. The van der Waals surface area contributed by atoms with E-state index in [2.05, 4.69) is 10.3 Å². The molecule has 0 aromatic heterocycles. The van der Waals surface area contributed by atoms with Gasteiger partial charge in [0.05, 0.1) is 6.54 Å². The van der Waals surface area contributed by atoms with Crippen molar-refractivity contribution in [3.05, 3.63) is 0 Å². The van der Waals surface area contributed by atoms with Gasteiger partial charge in [0, 0.05) is 12.8 Å². The molecule has 0 aromatic rings. The van der Waals surface area contributed by atoms with Gasteiger partial charge in [-0.25, -0.2) is 15.0 Å². The lowest BCUT2D eigenvalue weighted by Gasteiger charge is -2.04. The summed E-state index contributed by atoms with van der Waals surface area (Å²) < 4.78 is 43.8. The summed E-state index contributed by atoms with van der Waals surface area (Å²) in [6, 6.07) is 0. The summed E-state index contributed by atoms with van der Waals surface area (Å²) in [5.74, 6) is -0.939. The van der Waals surface area contributed by atoms with Crippen LogP contribution in [0.1, 0.15) is 33.6 Å². The highest BCUT2D eigenvalue weighted by atomic mass is 35.5. The van der Waals surface area contributed by atoms with Gasteiger partial charge in [0.1, 0.15) is 5.78 Å². The minimum Gasteiger partial charge on any atom is -0.299 e. The largest absolute Gasteiger partial charge is 0.301 e. The molecular formula is C9H21ClN4O7S2. The summed E-state index contributed by atoms with van der Waals surface area (Å²) in [4.78, 5) is 30.6. The third kappa shape index (κ3) is 38.6. The van der Waals surface area contributed by atoms with Crippen molar-refractivity contribution in [1.29, 1.82) is 0 Å². The zero-order chi connectivity index (χ0) is 19.3. The fraction of sp³-hybridized carbons (Fsp3) is 0.667. The van der Waals surface area contributed by atoms with Crippen LogP contribution in [-0.2, 0) is 34.8 Å². The maximum absolute atomic E-state index is 10.9. The van der Waals surface area contributed by atoms with Crippen molar-refractivity contribution < 1.29 is 31.2 Å². The van der Waals surface area contributed by atoms with Crippen molar-refractivity contribution in [2.45, 2.75) is 33.6 Å². The van der Waals surface area contributed by atoms with Crippen LogP contribution in [0.4, 0.5) is 0 Å². The first kappa shape index (κ1) is 26.8. The fourth-order valence-electron chi connectivity index (χ4n) is 0.455. The molecule has 11 nitrogen and oxygen atoms in total. The smallest absolute Gasteiger partial charge is 0.299 e. The first-order valence-electron chi connectivity index (χ1n) is 5.93. The Morgan fingerprint density at radius 1 is 1.00 bits per heavy atom. The van der Waals surface area contributed by atoms with Gasteiger partial charge in [-0.1, -0.05) is 13.8 Å². The Labute approximate surface area is 140 Å². The van der Waals surface area contributed by atoms with Gasteiger partial charge in [-0.15, -0.1) is 0 Å². The van der Waals surface area contributed by atoms with Crippen molar-refractivity contribution in [2.24, 2.45) is 10.3 Å².